The smallest absolute Gasteiger partial charge is 0.336 e. The van der Waals surface area contributed by atoms with Crippen LogP contribution in [-0.4, -0.2) is 42.1 Å². The van der Waals surface area contributed by atoms with E-state index in [-0.39, 0.29) is 34.1 Å². The van der Waals surface area contributed by atoms with Gasteiger partial charge in [-0.05, 0) is 55.7 Å². The summed E-state index contributed by atoms with van der Waals surface area (Å²) in [5.74, 6) is -0.0112. The summed E-state index contributed by atoms with van der Waals surface area (Å²) < 4.78 is 26.8. The number of anilines is 1. The predicted octanol–water partition coefficient (Wildman–Crippen LogP) is 5.26. The molecule has 3 amide bonds. The number of hydrogen-bond acceptors (Lipinski definition) is 4. The average molecular weight is 490 g/mol. The lowest BCUT2D eigenvalue weighted by Crippen LogP contribution is -2.43. The first-order valence-corrected chi connectivity index (χ1v) is 13.2. The quantitative estimate of drug-likeness (QED) is 0.580. The molecule has 0 bridgehead atoms. The Bertz CT molecular complexity index is 1140. The third kappa shape index (κ3) is 4.87. The number of nitrogens with zero attached hydrogens (tertiary/aromatic N) is 2. The highest BCUT2D eigenvalue weighted by Gasteiger charge is 2.37. The highest BCUT2D eigenvalue weighted by molar-refractivity contribution is 7.90. The third-order valence-corrected chi connectivity index (χ3v) is 8.38. The van der Waals surface area contributed by atoms with Crippen molar-refractivity contribution in [3.8, 4) is 0 Å². The summed E-state index contributed by atoms with van der Waals surface area (Å²) in [7, 11) is -4.05. The zero-order chi connectivity index (χ0) is 23.6. The van der Waals surface area contributed by atoms with E-state index in [0.29, 0.717) is 17.7 Å². The van der Waals surface area contributed by atoms with Crippen molar-refractivity contribution in [3.63, 3.8) is 0 Å². The van der Waals surface area contributed by atoms with Gasteiger partial charge in [0.15, 0.2) is 0 Å². The maximum Gasteiger partial charge on any atom is 0.336 e. The van der Waals surface area contributed by atoms with Gasteiger partial charge < -0.3 is 10.2 Å². The highest BCUT2D eigenvalue weighted by atomic mass is 35.5. The minimum Gasteiger partial charge on any atom is -0.336 e. The van der Waals surface area contributed by atoms with E-state index in [9.17, 15) is 18.0 Å². The van der Waals surface area contributed by atoms with Gasteiger partial charge in [0, 0.05) is 23.2 Å². The largest absolute Gasteiger partial charge is 0.336 e. The van der Waals surface area contributed by atoms with E-state index in [2.05, 4.69) is 5.32 Å². The summed E-state index contributed by atoms with van der Waals surface area (Å²) in [6, 6.07) is 10.7. The number of fused-ring (bicyclic) bond motifs is 1. The molecule has 0 spiro atoms. The molecule has 0 saturated heterocycles. The number of carbonyl (C=O) groups excluding carboxylic acids is 2. The summed E-state index contributed by atoms with van der Waals surface area (Å²) in [5, 5.41) is 2.86. The second kappa shape index (κ2) is 9.73. The van der Waals surface area contributed by atoms with E-state index in [0.717, 1.165) is 30.0 Å². The average Bonchev–Trinajstić information content (AvgIpc) is 3.08. The molecule has 7 nitrogen and oxygen atoms in total. The molecule has 0 aromatic heterocycles. The van der Waals surface area contributed by atoms with Crippen LogP contribution in [0.4, 0.5) is 10.5 Å². The molecule has 0 radical (unpaired) electrons. The topological polar surface area (TPSA) is 86.8 Å². The maximum absolute atomic E-state index is 13.2. The molecule has 0 unspecified atom stereocenters. The van der Waals surface area contributed by atoms with Crippen molar-refractivity contribution in [3.05, 3.63) is 58.6 Å². The molecule has 33 heavy (non-hydrogen) atoms. The summed E-state index contributed by atoms with van der Waals surface area (Å²) in [6.45, 7) is 2.51. The Morgan fingerprint density at radius 2 is 1.76 bits per heavy atom. The minimum absolute atomic E-state index is 0.0112. The van der Waals surface area contributed by atoms with Gasteiger partial charge in [0.05, 0.1) is 12.2 Å². The van der Waals surface area contributed by atoms with Gasteiger partial charge >= 0.3 is 6.03 Å². The van der Waals surface area contributed by atoms with Crippen molar-refractivity contribution in [2.24, 2.45) is 0 Å². The van der Waals surface area contributed by atoms with E-state index in [1.807, 2.05) is 11.8 Å². The fourth-order valence-corrected chi connectivity index (χ4v) is 6.33. The molecule has 2 aromatic rings. The number of hydrogen-bond donors (Lipinski definition) is 1. The van der Waals surface area contributed by atoms with Crippen molar-refractivity contribution in [2.75, 3.05) is 11.9 Å². The molecule has 1 heterocycles. The van der Waals surface area contributed by atoms with Gasteiger partial charge in [0.25, 0.3) is 15.9 Å². The van der Waals surface area contributed by atoms with Crippen molar-refractivity contribution >= 4 is 39.2 Å². The number of halogens is 1. The summed E-state index contributed by atoms with van der Waals surface area (Å²) in [5.41, 5.74) is 1.38. The van der Waals surface area contributed by atoms with E-state index >= 15 is 0 Å². The van der Waals surface area contributed by atoms with Crippen LogP contribution >= 0.6 is 11.6 Å². The van der Waals surface area contributed by atoms with Crippen LogP contribution in [-0.2, 0) is 16.6 Å². The highest BCUT2D eigenvalue weighted by Crippen LogP contribution is 2.33. The first-order valence-electron chi connectivity index (χ1n) is 11.3. The molecule has 0 atom stereocenters. The fourth-order valence-electron chi connectivity index (χ4n) is 4.60. The van der Waals surface area contributed by atoms with Crippen molar-refractivity contribution in [2.45, 2.75) is 62.9 Å². The molecule has 1 aliphatic heterocycles. The van der Waals surface area contributed by atoms with Crippen LogP contribution in [0, 0.1) is 0 Å². The van der Waals surface area contributed by atoms with Crippen LogP contribution < -0.4 is 5.32 Å². The standard InChI is InChI=1S/C24H28ClN3O4S/c1-2-27(20-7-5-3-4-6-8-20)23(29)18-11-9-17(10-12-18)16-28-24(30)26-21-14-13-19(25)15-22(21)33(28,31)32/h9-15,20H,2-8,16H2,1H3,(H,26,30). The molecule has 2 aromatic carbocycles. The number of amides is 3. The van der Waals surface area contributed by atoms with E-state index in [1.165, 1.54) is 31.0 Å². The normalized spacial score (nSPS) is 18.2. The van der Waals surface area contributed by atoms with Gasteiger partial charge in [-0.3, -0.25) is 4.79 Å². The Hall–Kier alpha value is -2.58. The van der Waals surface area contributed by atoms with Gasteiger partial charge in [-0.1, -0.05) is 49.4 Å². The molecule has 1 saturated carbocycles. The molecule has 9 heteroatoms. The van der Waals surface area contributed by atoms with Crippen LogP contribution in [0.5, 0.6) is 0 Å². The lowest BCUT2D eigenvalue weighted by atomic mass is 10.0. The summed E-state index contributed by atoms with van der Waals surface area (Å²) >= 11 is 5.97. The second-order valence-electron chi connectivity index (χ2n) is 8.52. The fraction of sp³-hybridized carbons (Fsp3) is 0.417. The van der Waals surface area contributed by atoms with Crippen LogP contribution in [0.3, 0.4) is 0 Å². The number of urea groups is 1. The van der Waals surface area contributed by atoms with Crippen molar-refractivity contribution < 1.29 is 18.0 Å². The van der Waals surface area contributed by atoms with Gasteiger partial charge in [0.1, 0.15) is 4.90 Å². The van der Waals surface area contributed by atoms with E-state index in [1.54, 1.807) is 24.3 Å². The Morgan fingerprint density at radius 3 is 2.39 bits per heavy atom. The number of carbonyl (C=O) groups is 2. The van der Waals surface area contributed by atoms with Gasteiger partial charge in [-0.25, -0.2) is 17.5 Å². The van der Waals surface area contributed by atoms with Crippen LogP contribution in [0.1, 0.15) is 61.4 Å². The zero-order valence-corrected chi connectivity index (χ0v) is 20.2. The predicted molar refractivity (Wildman–Crippen MR) is 128 cm³/mol. The number of sulfonamides is 1. The monoisotopic (exact) mass is 489 g/mol. The third-order valence-electron chi connectivity index (χ3n) is 6.37. The number of benzene rings is 2. The second-order valence-corrected chi connectivity index (χ2v) is 10.8. The first kappa shape index (κ1) is 23.6. The Morgan fingerprint density at radius 1 is 1.09 bits per heavy atom. The lowest BCUT2D eigenvalue weighted by Gasteiger charge is -2.30. The molecule has 176 valence electrons. The Labute approximate surface area is 199 Å². The molecule has 1 aliphatic carbocycles. The van der Waals surface area contributed by atoms with Crippen LogP contribution in [0.25, 0.3) is 0 Å². The number of nitrogens with one attached hydrogen (secondary N) is 1. The van der Waals surface area contributed by atoms with Crippen molar-refractivity contribution in [1.82, 2.24) is 9.21 Å². The number of rotatable bonds is 5. The summed E-state index contributed by atoms with van der Waals surface area (Å²) in [4.78, 5) is 27.6. The van der Waals surface area contributed by atoms with Crippen LogP contribution in [0.15, 0.2) is 47.4 Å². The van der Waals surface area contributed by atoms with Crippen molar-refractivity contribution in [1.29, 1.82) is 0 Å². The minimum atomic E-state index is -4.05. The van der Waals surface area contributed by atoms with Crippen LogP contribution in [0.2, 0.25) is 5.02 Å². The molecule has 2 aliphatic rings. The first-order chi connectivity index (χ1) is 15.8. The SMILES string of the molecule is CCN(C(=O)c1ccc(CN2C(=O)Nc3ccc(Cl)cc3S2(=O)=O)cc1)C1CCCCCC1. The molecular formula is C24H28ClN3O4S. The molecule has 1 N–H and O–H groups in total. The Kier molecular flexibility index (Phi) is 6.95. The summed E-state index contributed by atoms with van der Waals surface area (Å²) in [6.07, 6.45) is 6.81. The molecule has 4 rings (SSSR count). The Balaban J connectivity index is 1.51. The van der Waals surface area contributed by atoms with Gasteiger partial charge in [0.2, 0.25) is 0 Å². The zero-order valence-electron chi connectivity index (χ0n) is 18.6. The van der Waals surface area contributed by atoms with E-state index < -0.39 is 16.1 Å². The lowest BCUT2D eigenvalue weighted by molar-refractivity contribution is 0.0673. The van der Waals surface area contributed by atoms with Gasteiger partial charge in [-0.15, -0.1) is 0 Å². The molecule has 1 fully saturated rings. The van der Waals surface area contributed by atoms with E-state index in [4.69, 9.17) is 11.6 Å². The maximum atomic E-state index is 13.2. The molecular weight excluding hydrogens is 462 g/mol. The van der Waals surface area contributed by atoms with Gasteiger partial charge in [-0.2, -0.15) is 0 Å².